The minimum atomic E-state index is -0.341. The summed E-state index contributed by atoms with van der Waals surface area (Å²) >= 11 is 0. The fourth-order valence-corrected chi connectivity index (χ4v) is 4.34. The van der Waals surface area contributed by atoms with Crippen molar-refractivity contribution in [2.24, 2.45) is 5.92 Å². The maximum atomic E-state index is 14.3. The Morgan fingerprint density at radius 1 is 1.09 bits per heavy atom. The van der Waals surface area contributed by atoms with E-state index in [0.29, 0.717) is 18.9 Å². The Balaban J connectivity index is 1.44. The van der Waals surface area contributed by atoms with E-state index in [0.717, 1.165) is 46.2 Å². The van der Waals surface area contributed by atoms with Crippen LogP contribution < -0.4 is 4.74 Å². The first-order valence-corrected chi connectivity index (χ1v) is 12.1. The number of hydrogen-bond acceptors (Lipinski definition) is 4. The van der Waals surface area contributed by atoms with Crippen LogP contribution in [0, 0.1) is 18.7 Å². The Bertz CT molecular complexity index is 1290. The summed E-state index contributed by atoms with van der Waals surface area (Å²) < 4.78 is 29.8. The van der Waals surface area contributed by atoms with Crippen LogP contribution in [0.2, 0.25) is 0 Å². The maximum Gasteiger partial charge on any atom is 0.233 e. The number of aryl methyl sites for hydroxylation is 1. The molecule has 1 atom stereocenters. The zero-order chi connectivity index (χ0) is 24.4. The Labute approximate surface area is 205 Å². The van der Waals surface area contributed by atoms with Crippen molar-refractivity contribution in [1.82, 2.24) is 19.6 Å². The summed E-state index contributed by atoms with van der Waals surface area (Å²) in [6.45, 7) is 5.39. The molecule has 5 rings (SSSR count). The number of halogens is 1. The highest BCUT2D eigenvalue weighted by atomic mass is 19.1. The van der Waals surface area contributed by atoms with Gasteiger partial charge in [0.25, 0.3) is 0 Å². The molecule has 2 heterocycles. The van der Waals surface area contributed by atoms with E-state index >= 15 is 0 Å². The van der Waals surface area contributed by atoms with Gasteiger partial charge in [-0.2, -0.15) is 5.10 Å². The molecule has 1 aliphatic rings. The average molecular weight is 475 g/mol. The van der Waals surface area contributed by atoms with Gasteiger partial charge in [-0.05, 0) is 61.9 Å². The molecular weight excluding hydrogens is 443 g/mol. The third-order valence-corrected chi connectivity index (χ3v) is 6.53. The van der Waals surface area contributed by atoms with Crippen LogP contribution in [0.5, 0.6) is 5.88 Å². The lowest BCUT2D eigenvalue weighted by atomic mass is 10.1. The fraction of sp³-hybridized carbons (Fsp3) is 0.357. The van der Waals surface area contributed by atoms with E-state index < -0.39 is 0 Å². The van der Waals surface area contributed by atoms with Crippen LogP contribution >= 0.6 is 0 Å². The lowest BCUT2D eigenvalue weighted by molar-refractivity contribution is 0.0522. The SMILES string of the molecule is COc1cc(Cc2cn(CC3CC3)nc2C)n(-c2ccc(F)cc2[C@@H](C)OCc2ccccc2)n1. The number of nitrogens with zero attached hydrogens (tertiary/aromatic N) is 4. The predicted molar refractivity (Wildman–Crippen MR) is 132 cm³/mol. The van der Waals surface area contributed by atoms with Gasteiger partial charge in [0.2, 0.25) is 5.88 Å². The largest absolute Gasteiger partial charge is 0.480 e. The molecular formula is C28H31FN4O2. The van der Waals surface area contributed by atoms with Gasteiger partial charge < -0.3 is 9.47 Å². The highest BCUT2D eigenvalue weighted by Gasteiger charge is 2.23. The second-order valence-corrected chi connectivity index (χ2v) is 9.31. The minimum Gasteiger partial charge on any atom is -0.480 e. The number of rotatable bonds is 10. The number of hydrogen-bond donors (Lipinski definition) is 0. The second-order valence-electron chi connectivity index (χ2n) is 9.31. The number of aromatic nitrogens is 4. The first-order chi connectivity index (χ1) is 17.0. The van der Waals surface area contributed by atoms with Gasteiger partial charge in [0.1, 0.15) is 5.82 Å². The highest BCUT2D eigenvalue weighted by Crippen LogP contribution is 2.32. The van der Waals surface area contributed by atoms with Crippen molar-refractivity contribution in [3.05, 3.63) is 94.7 Å². The van der Waals surface area contributed by atoms with Gasteiger partial charge in [-0.1, -0.05) is 30.3 Å². The van der Waals surface area contributed by atoms with Crippen molar-refractivity contribution in [3.8, 4) is 11.6 Å². The summed E-state index contributed by atoms with van der Waals surface area (Å²) in [6.07, 6.45) is 5.01. The van der Waals surface area contributed by atoms with Gasteiger partial charge in [-0.15, -0.1) is 5.10 Å². The highest BCUT2D eigenvalue weighted by molar-refractivity contribution is 5.45. The van der Waals surface area contributed by atoms with E-state index in [2.05, 4.69) is 16.0 Å². The fourth-order valence-electron chi connectivity index (χ4n) is 4.34. The third-order valence-electron chi connectivity index (χ3n) is 6.53. The summed E-state index contributed by atoms with van der Waals surface area (Å²) in [4.78, 5) is 0. The van der Waals surface area contributed by atoms with Crippen LogP contribution in [-0.2, 0) is 24.3 Å². The molecule has 182 valence electrons. The lowest BCUT2D eigenvalue weighted by Crippen LogP contribution is -2.10. The Kier molecular flexibility index (Phi) is 6.68. The van der Waals surface area contributed by atoms with Crippen molar-refractivity contribution in [3.63, 3.8) is 0 Å². The molecule has 1 fully saturated rings. The van der Waals surface area contributed by atoms with Crippen molar-refractivity contribution >= 4 is 0 Å². The zero-order valence-corrected chi connectivity index (χ0v) is 20.4. The monoisotopic (exact) mass is 474 g/mol. The molecule has 7 heteroatoms. The van der Waals surface area contributed by atoms with E-state index in [1.165, 1.54) is 25.0 Å². The van der Waals surface area contributed by atoms with Crippen LogP contribution in [-0.4, -0.2) is 26.7 Å². The standard InChI is InChI=1S/C28H31FN4O2/c1-19-23(17-32(30-19)16-21-9-10-21)13-25-15-28(34-3)31-33(25)27-12-11-24(29)14-26(27)20(2)35-18-22-7-5-4-6-8-22/h4-8,11-12,14-15,17,20-21H,9-10,13,16,18H2,1-3H3/t20-/m1/s1. The molecule has 2 aromatic heterocycles. The van der Waals surface area contributed by atoms with Crippen LogP contribution in [0.1, 0.15) is 53.9 Å². The topological polar surface area (TPSA) is 54.1 Å². The quantitative estimate of drug-likeness (QED) is 0.291. The third kappa shape index (κ3) is 5.46. The van der Waals surface area contributed by atoms with Crippen LogP contribution in [0.25, 0.3) is 5.69 Å². The second kappa shape index (κ2) is 10.0. The molecule has 2 aromatic carbocycles. The van der Waals surface area contributed by atoms with E-state index in [1.54, 1.807) is 13.2 Å². The summed E-state index contributed by atoms with van der Waals surface area (Å²) in [5, 5.41) is 9.38. The average Bonchev–Trinajstić information content (AvgIpc) is 3.48. The molecule has 35 heavy (non-hydrogen) atoms. The van der Waals surface area contributed by atoms with Crippen LogP contribution in [0.4, 0.5) is 4.39 Å². The van der Waals surface area contributed by atoms with E-state index in [4.69, 9.17) is 14.6 Å². The van der Waals surface area contributed by atoms with Gasteiger partial charge in [0.15, 0.2) is 0 Å². The Hall–Kier alpha value is -3.45. The maximum absolute atomic E-state index is 14.3. The van der Waals surface area contributed by atoms with Crippen molar-refractivity contribution < 1.29 is 13.9 Å². The lowest BCUT2D eigenvalue weighted by Gasteiger charge is -2.19. The van der Waals surface area contributed by atoms with Crippen molar-refractivity contribution in [1.29, 1.82) is 0 Å². The summed E-state index contributed by atoms with van der Waals surface area (Å²) in [5.74, 6) is 0.958. The molecule has 0 radical (unpaired) electrons. The van der Waals surface area contributed by atoms with E-state index in [9.17, 15) is 4.39 Å². The summed E-state index contributed by atoms with van der Waals surface area (Å²) in [5.41, 5.74) is 5.67. The van der Waals surface area contributed by atoms with Crippen LogP contribution in [0.3, 0.4) is 0 Å². The molecule has 0 unspecified atom stereocenters. The molecule has 0 aliphatic heterocycles. The molecule has 0 N–H and O–H groups in total. The molecule has 6 nitrogen and oxygen atoms in total. The number of ether oxygens (including phenoxy) is 2. The summed E-state index contributed by atoms with van der Waals surface area (Å²) in [7, 11) is 1.60. The van der Waals surface area contributed by atoms with E-state index in [1.807, 2.05) is 54.9 Å². The van der Waals surface area contributed by atoms with Gasteiger partial charge in [-0.25, -0.2) is 9.07 Å². The molecule has 1 aliphatic carbocycles. The number of methoxy groups -OCH3 is 1. The van der Waals surface area contributed by atoms with Crippen molar-refractivity contribution in [2.45, 2.75) is 52.4 Å². The molecule has 0 spiro atoms. The molecule has 4 aromatic rings. The van der Waals surface area contributed by atoms with E-state index in [-0.39, 0.29) is 11.9 Å². The molecule has 0 amide bonds. The Morgan fingerprint density at radius 2 is 1.89 bits per heavy atom. The van der Waals surface area contributed by atoms with Gasteiger partial charge in [0.05, 0.1) is 36.9 Å². The van der Waals surface area contributed by atoms with Gasteiger partial charge >= 0.3 is 0 Å². The first-order valence-electron chi connectivity index (χ1n) is 12.1. The first kappa shape index (κ1) is 23.3. The normalized spacial score (nSPS) is 14.3. The van der Waals surface area contributed by atoms with Crippen LogP contribution in [0.15, 0.2) is 60.8 Å². The van der Waals surface area contributed by atoms with Crippen molar-refractivity contribution in [2.75, 3.05) is 7.11 Å². The van der Waals surface area contributed by atoms with Gasteiger partial charge in [0, 0.05) is 30.8 Å². The zero-order valence-electron chi connectivity index (χ0n) is 20.4. The molecule has 1 saturated carbocycles. The molecule has 0 bridgehead atoms. The smallest absolute Gasteiger partial charge is 0.233 e. The predicted octanol–water partition coefficient (Wildman–Crippen LogP) is 5.80. The van der Waals surface area contributed by atoms with Gasteiger partial charge in [-0.3, -0.25) is 4.68 Å². The minimum absolute atomic E-state index is 0.309. The Morgan fingerprint density at radius 3 is 2.63 bits per heavy atom. The summed E-state index contributed by atoms with van der Waals surface area (Å²) in [6, 6.07) is 16.6. The number of benzene rings is 2. The molecule has 0 saturated heterocycles.